The van der Waals surface area contributed by atoms with Crippen LogP contribution < -0.4 is 5.73 Å². The van der Waals surface area contributed by atoms with E-state index in [1.165, 1.54) is 6.26 Å². The molecule has 1 aromatic rings. The molecule has 0 atom stereocenters. The molecule has 1 aromatic heterocycles. The fourth-order valence-electron chi connectivity index (χ4n) is 1.23. The maximum absolute atomic E-state index is 11.6. The van der Waals surface area contributed by atoms with E-state index in [0.717, 1.165) is 0 Å². The van der Waals surface area contributed by atoms with Gasteiger partial charge in [-0.15, -0.1) is 10.2 Å². The molecule has 0 aromatic carbocycles. The second kappa shape index (κ2) is 3.57. The van der Waals surface area contributed by atoms with Crippen molar-refractivity contribution >= 4 is 9.84 Å². The Morgan fingerprint density at radius 1 is 1.40 bits per heavy atom. The van der Waals surface area contributed by atoms with Crippen LogP contribution in [-0.4, -0.2) is 29.4 Å². The number of hydrogen-bond donors (Lipinski definition) is 1. The second-order valence-electron chi connectivity index (χ2n) is 3.99. The lowest BCUT2D eigenvalue weighted by molar-refractivity contribution is 0.538. The Hall–Kier alpha value is -0.950. The van der Waals surface area contributed by atoms with Gasteiger partial charge in [-0.05, 0) is 13.8 Å². The molecule has 0 amide bonds. The van der Waals surface area contributed by atoms with Crippen molar-refractivity contribution in [3.63, 3.8) is 0 Å². The van der Waals surface area contributed by atoms with Crippen LogP contribution in [-0.2, 0) is 28.2 Å². The van der Waals surface area contributed by atoms with Crippen LogP contribution in [0.2, 0.25) is 0 Å². The Balaban J connectivity index is 3.34. The third-order valence-electron chi connectivity index (χ3n) is 2.61. The summed E-state index contributed by atoms with van der Waals surface area (Å²) in [4.78, 5) is 0. The third kappa shape index (κ3) is 1.89. The molecule has 6 nitrogen and oxygen atoms in total. The van der Waals surface area contributed by atoms with Crippen LogP contribution >= 0.6 is 0 Å². The smallest absolute Gasteiger partial charge is 0.159 e. The Morgan fingerprint density at radius 2 is 1.93 bits per heavy atom. The summed E-state index contributed by atoms with van der Waals surface area (Å²) >= 11 is 0. The molecule has 0 saturated heterocycles. The Morgan fingerprint density at radius 3 is 2.27 bits per heavy atom. The second-order valence-corrected chi connectivity index (χ2v) is 6.55. The first kappa shape index (κ1) is 12.1. The highest BCUT2D eigenvalue weighted by Gasteiger charge is 2.37. The largest absolute Gasteiger partial charge is 0.324 e. The quantitative estimate of drug-likeness (QED) is 0.762. The van der Waals surface area contributed by atoms with Gasteiger partial charge in [0.05, 0.1) is 6.54 Å². The van der Waals surface area contributed by atoms with Gasteiger partial charge in [-0.3, -0.25) is 0 Å². The van der Waals surface area contributed by atoms with E-state index in [1.54, 1.807) is 25.5 Å². The van der Waals surface area contributed by atoms with Crippen LogP contribution in [0.15, 0.2) is 0 Å². The highest BCUT2D eigenvalue weighted by Crippen LogP contribution is 2.27. The van der Waals surface area contributed by atoms with Gasteiger partial charge in [0.15, 0.2) is 15.7 Å². The maximum atomic E-state index is 11.6. The summed E-state index contributed by atoms with van der Waals surface area (Å²) in [5.41, 5.74) is 5.44. The summed E-state index contributed by atoms with van der Waals surface area (Å²) in [6.45, 7) is 3.45. The molecule has 0 aliphatic carbocycles. The lowest BCUT2D eigenvalue weighted by Crippen LogP contribution is -2.31. The van der Waals surface area contributed by atoms with Gasteiger partial charge in [0.25, 0.3) is 0 Å². The first-order valence-corrected chi connectivity index (χ1v) is 6.39. The predicted octanol–water partition coefficient (Wildman–Crippen LogP) is -0.446. The van der Waals surface area contributed by atoms with Gasteiger partial charge in [-0.25, -0.2) is 8.42 Å². The molecular formula is C8H16N4O2S. The Bertz CT molecular complexity index is 461. The van der Waals surface area contributed by atoms with Gasteiger partial charge in [-0.1, -0.05) is 0 Å². The van der Waals surface area contributed by atoms with Crippen molar-refractivity contribution < 1.29 is 8.42 Å². The molecule has 0 unspecified atom stereocenters. The first-order valence-electron chi connectivity index (χ1n) is 4.50. The monoisotopic (exact) mass is 232 g/mol. The summed E-state index contributed by atoms with van der Waals surface area (Å²) in [7, 11) is -1.52. The van der Waals surface area contributed by atoms with Gasteiger partial charge in [0.2, 0.25) is 0 Å². The van der Waals surface area contributed by atoms with Gasteiger partial charge in [0.1, 0.15) is 10.6 Å². The first-order chi connectivity index (χ1) is 6.71. The van der Waals surface area contributed by atoms with E-state index in [4.69, 9.17) is 5.73 Å². The van der Waals surface area contributed by atoms with Crippen LogP contribution in [0.4, 0.5) is 0 Å². The fraction of sp³-hybridized carbons (Fsp3) is 0.750. The SMILES string of the molecule is Cn1c(CN)nnc1C(C)(C)S(C)(=O)=O. The van der Waals surface area contributed by atoms with Gasteiger partial charge >= 0.3 is 0 Å². The Kier molecular flexibility index (Phi) is 2.88. The molecule has 1 rings (SSSR count). The minimum atomic E-state index is -3.24. The lowest BCUT2D eigenvalue weighted by atomic mass is 10.2. The van der Waals surface area contributed by atoms with Crippen molar-refractivity contribution in [2.45, 2.75) is 25.1 Å². The lowest BCUT2D eigenvalue weighted by Gasteiger charge is -2.21. The number of aromatic nitrogens is 3. The Labute approximate surface area is 89.4 Å². The zero-order valence-electron chi connectivity index (χ0n) is 9.35. The molecule has 86 valence electrons. The summed E-state index contributed by atoms with van der Waals surface area (Å²) in [5, 5.41) is 7.72. The molecule has 15 heavy (non-hydrogen) atoms. The number of hydrogen-bond acceptors (Lipinski definition) is 5. The molecule has 0 spiro atoms. The molecule has 1 heterocycles. The third-order valence-corrected chi connectivity index (χ3v) is 4.65. The molecule has 7 heteroatoms. The predicted molar refractivity (Wildman–Crippen MR) is 56.8 cm³/mol. The molecule has 0 saturated carbocycles. The summed E-state index contributed by atoms with van der Waals surface area (Å²) < 4.78 is 23.8. The molecule has 0 radical (unpaired) electrons. The average Bonchev–Trinajstić information content (AvgIpc) is 2.44. The van der Waals surface area contributed by atoms with E-state index in [0.29, 0.717) is 11.6 Å². The van der Waals surface area contributed by atoms with Crippen LogP contribution in [0.1, 0.15) is 25.5 Å². The highest BCUT2D eigenvalue weighted by molar-refractivity contribution is 7.91. The van der Waals surface area contributed by atoms with Crippen molar-refractivity contribution in [1.82, 2.24) is 14.8 Å². The normalized spacial score (nSPS) is 13.1. The molecule has 0 aliphatic rings. The van der Waals surface area contributed by atoms with Crippen molar-refractivity contribution in [2.75, 3.05) is 6.26 Å². The molecular weight excluding hydrogens is 216 g/mol. The zero-order chi connectivity index (χ0) is 11.9. The van der Waals surface area contributed by atoms with Crippen molar-refractivity contribution in [3.8, 4) is 0 Å². The van der Waals surface area contributed by atoms with Crippen molar-refractivity contribution in [2.24, 2.45) is 12.8 Å². The van der Waals surface area contributed by atoms with E-state index < -0.39 is 14.6 Å². The van der Waals surface area contributed by atoms with E-state index in [2.05, 4.69) is 10.2 Å². The van der Waals surface area contributed by atoms with E-state index in [1.807, 2.05) is 0 Å². The standard InChI is InChI=1S/C8H16N4O2S/c1-8(2,15(4,13)14)7-11-10-6(5-9)12(7)3/h5,9H2,1-4H3. The summed E-state index contributed by atoms with van der Waals surface area (Å²) in [5.74, 6) is 0.979. The van der Waals surface area contributed by atoms with Crippen LogP contribution in [0.25, 0.3) is 0 Å². The van der Waals surface area contributed by atoms with Gasteiger partial charge in [0, 0.05) is 13.3 Å². The van der Waals surface area contributed by atoms with Gasteiger partial charge < -0.3 is 10.3 Å². The molecule has 2 N–H and O–H groups in total. The minimum absolute atomic E-state index is 0.239. The van der Waals surface area contributed by atoms with Crippen molar-refractivity contribution in [3.05, 3.63) is 11.6 Å². The van der Waals surface area contributed by atoms with Crippen LogP contribution in [0, 0.1) is 0 Å². The van der Waals surface area contributed by atoms with Gasteiger partial charge in [-0.2, -0.15) is 0 Å². The van der Waals surface area contributed by atoms with Crippen LogP contribution in [0.3, 0.4) is 0 Å². The number of nitrogens with zero attached hydrogens (tertiary/aromatic N) is 3. The number of sulfone groups is 1. The van der Waals surface area contributed by atoms with Crippen LogP contribution in [0.5, 0.6) is 0 Å². The fourth-order valence-corrected chi connectivity index (χ4v) is 1.74. The number of nitrogens with two attached hydrogens (primary N) is 1. The summed E-state index contributed by atoms with van der Waals surface area (Å²) in [6, 6.07) is 0. The maximum Gasteiger partial charge on any atom is 0.159 e. The van der Waals surface area contributed by atoms with E-state index >= 15 is 0 Å². The van der Waals surface area contributed by atoms with E-state index in [9.17, 15) is 8.42 Å². The van der Waals surface area contributed by atoms with E-state index in [-0.39, 0.29) is 6.54 Å². The summed E-state index contributed by atoms with van der Waals surface area (Å²) in [6.07, 6.45) is 1.18. The topological polar surface area (TPSA) is 90.9 Å². The van der Waals surface area contributed by atoms with Crippen molar-refractivity contribution in [1.29, 1.82) is 0 Å². The highest BCUT2D eigenvalue weighted by atomic mass is 32.2. The average molecular weight is 232 g/mol. The zero-order valence-corrected chi connectivity index (χ0v) is 10.2. The number of rotatable bonds is 3. The molecule has 0 fully saturated rings. The molecule has 0 bridgehead atoms. The minimum Gasteiger partial charge on any atom is -0.324 e. The molecule has 0 aliphatic heterocycles.